The third-order valence-electron chi connectivity index (χ3n) is 4.84. The molecule has 27 heavy (non-hydrogen) atoms. The molecule has 8 heteroatoms. The molecule has 1 aromatic carbocycles. The smallest absolute Gasteiger partial charge is 0.410 e. The Bertz CT molecular complexity index is 678. The monoisotopic (exact) mass is 379 g/mol. The maximum atomic E-state index is 12.8. The van der Waals surface area contributed by atoms with E-state index in [4.69, 9.17) is 18.9 Å². The van der Waals surface area contributed by atoms with Gasteiger partial charge in [-0.1, -0.05) is 30.3 Å². The Morgan fingerprint density at radius 1 is 1.15 bits per heavy atom. The zero-order valence-corrected chi connectivity index (χ0v) is 15.7. The van der Waals surface area contributed by atoms with Crippen molar-refractivity contribution in [1.29, 1.82) is 0 Å². The van der Waals surface area contributed by atoms with Gasteiger partial charge in [0.1, 0.15) is 18.8 Å². The predicted molar refractivity (Wildman–Crippen MR) is 93.6 cm³/mol. The van der Waals surface area contributed by atoms with E-state index in [0.717, 1.165) is 5.56 Å². The molecule has 0 bridgehead atoms. The zero-order valence-electron chi connectivity index (χ0n) is 15.7. The van der Waals surface area contributed by atoms with Crippen LogP contribution in [0.25, 0.3) is 0 Å². The van der Waals surface area contributed by atoms with Gasteiger partial charge in [0, 0.05) is 0 Å². The van der Waals surface area contributed by atoms with Crippen LogP contribution >= 0.6 is 0 Å². The summed E-state index contributed by atoms with van der Waals surface area (Å²) in [5, 5.41) is 9.90. The Hall–Kier alpha value is -2.16. The summed E-state index contributed by atoms with van der Waals surface area (Å²) in [7, 11) is 1.28. The van der Waals surface area contributed by atoms with Crippen LogP contribution in [0.1, 0.15) is 25.8 Å². The first-order valence-corrected chi connectivity index (χ1v) is 8.88. The number of hydrogen-bond acceptors (Lipinski definition) is 7. The molecule has 148 valence electrons. The lowest BCUT2D eigenvalue weighted by Gasteiger charge is -2.32. The van der Waals surface area contributed by atoms with Crippen molar-refractivity contribution >= 4 is 12.1 Å². The summed E-state index contributed by atoms with van der Waals surface area (Å²) in [6.45, 7) is 3.26. The molecule has 3 rings (SSSR count). The molecule has 0 unspecified atom stereocenters. The number of fused-ring (bicyclic) bond motifs is 1. The van der Waals surface area contributed by atoms with Crippen LogP contribution in [-0.4, -0.2) is 65.9 Å². The Kier molecular flexibility index (Phi) is 5.69. The van der Waals surface area contributed by atoms with Crippen molar-refractivity contribution in [2.45, 2.75) is 57.0 Å². The highest BCUT2D eigenvalue weighted by atomic mass is 16.8. The minimum Gasteiger partial charge on any atom is -0.469 e. The molecule has 1 aromatic rings. The average molecular weight is 379 g/mol. The van der Waals surface area contributed by atoms with Crippen LogP contribution in [0.5, 0.6) is 0 Å². The number of aliphatic hydroxyl groups is 1. The van der Waals surface area contributed by atoms with Gasteiger partial charge in [0.05, 0.1) is 32.2 Å². The summed E-state index contributed by atoms with van der Waals surface area (Å²) < 4.78 is 22.0. The van der Waals surface area contributed by atoms with E-state index in [1.165, 1.54) is 12.0 Å². The highest BCUT2D eigenvalue weighted by Gasteiger charge is 2.59. The normalized spacial score (nSPS) is 28.7. The molecule has 2 fully saturated rings. The topological polar surface area (TPSA) is 94.5 Å². The third-order valence-corrected chi connectivity index (χ3v) is 4.84. The Labute approximate surface area is 157 Å². The molecule has 1 N–H and O–H groups in total. The van der Waals surface area contributed by atoms with Crippen LogP contribution in [0.2, 0.25) is 0 Å². The maximum absolute atomic E-state index is 12.8. The van der Waals surface area contributed by atoms with Gasteiger partial charge in [0.15, 0.2) is 5.79 Å². The van der Waals surface area contributed by atoms with Gasteiger partial charge in [-0.25, -0.2) is 4.79 Å². The Morgan fingerprint density at radius 3 is 2.37 bits per heavy atom. The standard InChI is InChI=1S/C19H25NO7/c1-19(2)26-16-13(9-15(22)24-3)20(14(10-21)17(16)27-19)18(23)25-11-12-7-5-4-6-8-12/h4-8,13-14,16-17,21H,9-11H2,1-3H3/t13-,14+,16-,17+/m1/s1. The minimum absolute atomic E-state index is 0.0754. The minimum atomic E-state index is -0.864. The van der Waals surface area contributed by atoms with E-state index in [-0.39, 0.29) is 19.6 Å². The van der Waals surface area contributed by atoms with Crippen molar-refractivity contribution in [3.63, 3.8) is 0 Å². The molecule has 0 aromatic heterocycles. The number of likely N-dealkylation sites (tertiary alicyclic amines) is 1. The van der Waals surface area contributed by atoms with E-state index >= 15 is 0 Å². The molecule has 0 aliphatic carbocycles. The average Bonchev–Trinajstić information content (AvgIpc) is 3.11. The van der Waals surface area contributed by atoms with Crippen molar-refractivity contribution in [2.75, 3.05) is 13.7 Å². The van der Waals surface area contributed by atoms with E-state index < -0.39 is 42.1 Å². The van der Waals surface area contributed by atoms with E-state index in [0.29, 0.717) is 0 Å². The number of rotatable bonds is 5. The van der Waals surface area contributed by atoms with Crippen molar-refractivity contribution in [2.24, 2.45) is 0 Å². The maximum Gasteiger partial charge on any atom is 0.410 e. The molecule has 8 nitrogen and oxygen atoms in total. The fourth-order valence-electron chi connectivity index (χ4n) is 3.70. The number of esters is 1. The van der Waals surface area contributed by atoms with Crippen molar-refractivity contribution < 1.29 is 33.6 Å². The lowest BCUT2D eigenvalue weighted by atomic mass is 10.1. The second-order valence-electron chi connectivity index (χ2n) is 7.11. The number of hydrogen-bond donors (Lipinski definition) is 1. The third kappa shape index (κ3) is 4.07. The summed E-state index contributed by atoms with van der Waals surface area (Å²) in [6.07, 6.45) is -1.82. The predicted octanol–water partition coefficient (Wildman–Crippen LogP) is 1.45. The van der Waals surface area contributed by atoms with E-state index in [2.05, 4.69) is 0 Å². The fraction of sp³-hybridized carbons (Fsp3) is 0.579. The molecule has 0 saturated carbocycles. The number of ether oxygens (including phenoxy) is 4. The van der Waals surface area contributed by atoms with Gasteiger partial charge in [-0.2, -0.15) is 0 Å². The van der Waals surface area contributed by atoms with Crippen LogP contribution in [-0.2, 0) is 30.3 Å². The quantitative estimate of drug-likeness (QED) is 0.774. The van der Waals surface area contributed by atoms with Crippen LogP contribution in [0.15, 0.2) is 30.3 Å². The lowest BCUT2D eigenvalue weighted by molar-refractivity contribution is -0.170. The van der Waals surface area contributed by atoms with Crippen LogP contribution < -0.4 is 0 Å². The first kappa shape index (κ1) is 19.6. The van der Waals surface area contributed by atoms with E-state index in [1.54, 1.807) is 13.8 Å². The van der Waals surface area contributed by atoms with E-state index in [1.807, 2.05) is 30.3 Å². The van der Waals surface area contributed by atoms with Gasteiger partial charge in [-0.05, 0) is 19.4 Å². The Balaban J connectivity index is 1.79. The molecule has 0 spiro atoms. The summed E-state index contributed by atoms with van der Waals surface area (Å²) >= 11 is 0. The van der Waals surface area contributed by atoms with Crippen molar-refractivity contribution in [3.8, 4) is 0 Å². The van der Waals surface area contributed by atoms with Gasteiger partial charge in [0.2, 0.25) is 0 Å². The van der Waals surface area contributed by atoms with Crippen LogP contribution in [0.3, 0.4) is 0 Å². The van der Waals surface area contributed by atoms with Crippen molar-refractivity contribution in [1.82, 2.24) is 4.90 Å². The second-order valence-corrected chi connectivity index (χ2v) is 7.11. The number of carbonyl (C=O) groups excluding carboxylic acids is 2. The number of nitrogens with zero attached hydrogens (tertiary/aromatic N) is 1. The molecule has 0 radical (unpaired) electrons. The summed E-state index contributed by atoms with van der Waals surface area (Å²) in [5.74, 6) is -1.34. The summed E-state index contributed by atoms with van der Waals surface area (Å²) in [5.41, 5.74) is 0.837. The largest absolute Gasteiger partial charge is 0.469 e. The highest BCUT2D eigenvalue weighted by Crippen LogP contribution is 2.41. The van der Waals surface area contributed by atoms with E-state index in [9.17, 15) is 14.7 Å². The highest BCUT2D eigenvalue weighted by molar-refractivity contribution is 5.74. The number of aliphatic hydroxyl groups excluding tert-OH is 1. The molecule has 2 heterocycles. The zero-order chi connectivity index (χ0) is 19.6. The van der Waals surface area contributed by atoms with Gasteiger partial charge >= 0.3 is 12.1 Å². The van der Waals surface area contributed by atoms with Gasteiger partial charge in [-0.15, -0.1) is 0 Å². The first-order valence-electron chi connectivity index (χ1n) is 8.88. The fourth-order valence-corrected chi connectivity index (χ4v) is 3.70. The summed E-state index contributed by atoms with van der Waals surface area (Å²) in [4.78, 5) is 26.0. The first-order chi connectivity index (χ1) is 12.9. The van der Waals surface area contributed by atoms with Gasteiger partial charge < -0.3 is 24.1 Å². The van der Waals surface area contributed by atoms with Gasteiger partial charge in [0.25, 0.3) is 0 Å². The molecule has 1 amide bonds. The lowest BCUT2D eigenvalue weighted by Crippen LogP contribution is -2.48. The number of carbonyl (C=O) groups is 2. The van der Waals surface area contributed by atoms with Crippen molar-refractivity contribution in [3.05, 3.63) is 35.9 Å². The number of benzene rings is 1. The molecule has 2 aliphatic rings. The molecule has 2 saturated heterocycles. The molecule has 2 aliphatic heterocycles. The SMILES string of the molecule is COC(=O)C[C@@H]1[C@H]2OC(C)(C)O[C@H]2[C@H](CO)N1C(=O)OCc1ccccc1. The number of amides is 1. The number of methoxy groups -OCH3 is 1. The molecular formula is C19H25NO7. The van der Waals surface area contributed by atoms with Crippen LogP contribution in [0.4, 0.5) is 4.79 Å². The second kappa shape index (κ2) is 7.84. The van der Waals surface area contributed by atoms with Crippen LogP contribution in [0, 0.1) is 0 Å². The summed E-state index contributed by atoms with van der Waals surface area (Å²) in [6, 6.07) is 7.94. The molecular weight excluding hydrogens is 354 g/mol. The Morgan fingerprint density at radius 2 is 1.78 bits per heavy atom. The van der Waals surface area contributed by atoms with Gasteiger partial charge in [-0.3, -0.25) is 9.69 Å². The molecule has 4 atom stereocenters.